The molecule has 0 aliphatic carbocycles. The Hall–Kier alpha value is -2.44. The van der Waals surface area contributed by atoms with Gasteiger partial charge in [0.15, 0.2) is 12.5 Å². The highest BCUT2D eigenvalue weighted by Gasteiger charge is 2.22. The zero-order valence-corrected chi connectivity index (χ0v) is 19.2. The third-order valence-corrected chi connectivity index (χ3v) is 6.50. The van der Waals surface area contributed by atoms with Crippen molar-refractivity contribution in [3.05, 3.63) is 64.9 Å². The molecule has 0 bridgehead atoms. The Labute approximate surface area is 184 Å². The van der Waals surface area contributed by atoms with Gasteiger partial charge in [0.1, 0.15) is 0 Å². The van der Waals surface area contributed by atoms with Gasteiger partial charge in [0.05, 0.1) is 26.2 Å². The third-order valence-electron chi connectivity index (χ3n) is 6.02. The maximum atomic E-state index is 5.71. The molecule has 1 saturated heterocycles. The van der Waals surface area contributed by atoms with E-state index in [0.717, 1.165) is 49.0 Å². The second-order valence-electron chi connectivity index (χ2n) is 9.22. The largest absolute Gasteiger partial charge is 0.360 e. The number of aromatic nitrogens is 3. The molecule has 1 aliphatic rings. The summed E-state index contributed by atoms with van der Waals surface area (Å²) >= 11 is 5.71. The number of hydrogen-bond donors (Lipinski definition) is 1. The first-order valence-corrected chi connectivity index (χ1v) is 11.1. The smallest absolute Gasteiger partial charge is 0.202 e. The van der Waals surface area contributed by atoms with Crippen molar-refractivity contribution in [2.75, 3.05) is 31.1 Å². The van der Waals surface area contributed by atoms with Gasteiger partial charge < -0.3 is 14.4 Å². The Bertz CT molecular complexity index is 1040. The lowest BCUT2D eigenvalue weighted by atomic mass is 9.87. The molecule has 1 aromatic heterocycles. The fourth-order valence-electron chi connectivity index (χ4n) is 4.05. The van der Waals surface area contributed by atoms with E-state index in [-0.39, 0.29) is 5.41 Å². The fraction of sp³-hybridized carbons (Fsp3) is 0.417. The lowest BCUT2D eigenvalue weighted by molar-refractivity contribution is -0.924. The molecule has 158 valence electrons. The van der Waals surface area contributed by atoms with E-state index < -0.39 is 0 Å². The number of anilines is 1. The highest BCUT2D eigenvalue weighted by molar-refractivity contribution is 7.71. The van der Waals surface area contributed by atoms with Crippen LogP contribution in [0, 0.1) is 4.77 Å². The van der Waals surface area contributed by atoms with E-state index in [1.54, 1.807) is 0 Å². The van der Waals surface area contributed by atoms with E-state index in [1.165, 1.54) is 16.2 Å². The molecule has 2 heterocycles. The molecule has 5 nitrogen and oxygen atoms in total. The number of rotatable bonds is 4. The monoisotopic (exact) mass is 422 g/mol. The zero-order valence-electron chi connectivity index (χ0n) is 18.4. The molecule has 1 N–H and O–H groups in total. The predicted octanol–water partition coefficient (Wildman–Crippen LogP) is 3.28. The molecule has 0 saturated carbocycles. The molecule has 1 aliphatic heterocycles. The van der Waals surface area contributed by atoms with Gasteiger partial charge in [-0.1, -0.05) is 63.2 Å². The summed E-state index contributed by atoms with van der Waals surface area (Å²) in [7, 11) is 2.02. The maximum absolute atomic E-state index is 5.71. The third kappa shape index (κ3) is 4.35. The molecule has 0 atom stereocenters. The molecular weight excluding hydrogens is 390 g/mol. The van der Waals surface area contributed by atoms with Crippen molar-refractivity contribution in [3.8, 4) is 11.4 Å². The second kappa shape index (κ2) is 8.36. The number of piperazine rings is 1. The van der Waals surface area contributed by atoms with Crippen LogP contribution in [0.25, 0.3) is 11.4 Å². The molecule has 1 fully saturated rings. The highest BCUT2D eigenvalue weighted by Crippen LogP contribution is 2.25. The highest BCUT2D eigenvalue weighted by atomic mass is 32.1. The number of nitrogens with zero attached hydrogens (tertiary/aromatic N) is 4. The van der Waals surface area contributed by atoms with Gasteiger partial charge >= 0.3 is 0 Å². The second-order valence-corrected chi connectivity index (χ2v) is 9.59. The first-order chi connectivity index (χ1) is 14.3. The van der Waals surface area contributed by atoms with Crippen LogP contribution < -0.4 is 9.80 Å². The van der Waals surface area contributed by atoms with Gasteiger partial charge in [-0.25, -0.2) is 0 Å². The van der Waals surface area contributed by atoms with E-state index in [2.05, 4.69) is 80.3 Å². The summed E-state index contributed by atoms with van der Waals surface area (Å²) in [6.45, 7) is 11.8. The van der Waals surface area contributed by atoms with Gasteiger partial charge in [-0.2, -0.15) is 4.68 Å². The molecule has 2 aromatic carbocycles. The van der Waals surface area contributed by atoms with Crippen LogP contribution in [0.5, 0.6) is 0 Å². The van der Waals surface area contributed by atoms with Crippen molar-refractivity contribution in [2.24, 2.45) is 7.05 Å². The van der Waals surface area contributed by atoms with Crippen LogP contribution in [0.1, 0.15) is 26.3 Å². The first kappa shape index (κ1) is 20.8. The molecule has 6 heteroatoms. The summed E-state index contributed by atoms with van der Waals surface area (Å²) in [6, 6.07) is 19.4. The Balaban J connectivity index is 1.46. The lowest BCUT2D eigenvalue weighted by Crippen LogP contribution is -3.14. The first-order valence-electron chi connectivity index (χ1n) is 10.7. The molecule has 0 radical (unpaired) electrons. The molecule has 4 rings (SSSR count). The van der Waals surface area contributed by atoms with Gasteiger partial charge in [-0.05, 0) is 35.3 Å². The van der Waals surface area contributed by atoms with Gasteiger partial charge in [-0.15, -0.1) is 5.10 Å². The normalized spacial score (nSPS) is 15.5. The number of hydrogen-bond acceptors (Lipinski definition) is 3. The number of para-hydroxylation sites is 1. The van der Waals surface area contributed by atoms with Crippen LogP contribution in [0.4, 0.5) is 5.69 Å². The van der Waals surface area contributed by atoms with Crippen LogP contribution in [-0.4, -0.2) is 40.5 Å². The standard InChI is InChI=1S/C24H31N5S/c1-24(2,3)20-12-10-19(11-13-20)22-25-29(23(30)26(22)4)18-27-14-16-28(17-15-27)21-8-6-5-7-9-21/h5-13H,14-18H2,1-4H3/p+1. The summed E-state index contributed by atoms with van der Waals surface area (Å²) < 4.78 is 4.81. The Morgan fingerprint density at radius 1 is 0.967 bits per heavy atom. The molecule has 3 aromatic rings. The van der Waals surface area contributed by atoms with E-state index >= 15 is 0 Å². The van der Waals surface area contributed by atoms with Gasteiger partial charge in [-0.3, -0.25) is 0 Å². The van der Waals surface area contributed by atoms with E-state index in [9.17, 15) is 0 Å². The maximum Gasteiger partial charge on any atom is 0.202 e. The van der Waals surface area contributed by atoms with Crippen LogP contribution in [0.15, 0.2) is 54.6 Å². The van der Waals surface area contributed by atoms with Crippen LogP contribution in [0.2, 0.25) is 0 Å². The van der Waals surface area contributed by atoms with Crippen LogP contribution in [0.3, 0.4) is 0 Å². The van der Waals surface area contributed by atoms with Gasteiger partial charge in [0.2, 0.25) is 4.77 Å². The lowest BCUT2D eigenvalue weighted by Gasteiger charge is -2.33. The average molecular weight is 423 g/mol. The van der Waals surface area contributed by atoms with E-state index in [0.29, 0.717) is 0 Å². The van der Waals surface area contributed by atoms with Crippen LogP contribution in [-0.2, 0) is 19.1 Å². The Kier molecular flexibility index (Phi) is 5.80. The summed E-state index contributed by atoms with van der Waals surface area (Å²) in [5.74, 6) is 0.933. The van der Waals surface area contributed by atoms with Crippen molar-refractivity contribution in [2.45, 2.75) is 32.9 Å². The minimum Gasteiger partial charge on any atom is -0.360 e. The summed E-state index contributed by atoms with van der Waals surface area (Å²) in [4.78, 5) is 3.98. The number of quaternary nitrogens is 1. The number of nitrogens with one attached hydrogen (secondary N) is 1. The minimum atomic E-state index is 0.147. The summed E-state index contributed by atoms with van der Waals surface area (Å²) in [5.41, 5.74) is 3.90. The summed E-state index contributed by atoms with van der Waals surface area (Å²) in [5, 5.41) is 4.88. The summed E-state index contributed by atoms with van der Waals surface area (Å²) in [6.07, 6.45) is 0. The topological polar surface area (TPSA) is 30.4 Å². The number of benzene rings is 2. The average Bonchev–Trinajstić information content (AvgIpc) is 3.03. The molecule has 30 heavy (non-hydrogen) atoms. The van der Waals surface area contributed by atoms with Crippen molar-refractivity contribution < 1.29 is 4.90 Å². The van der Waals surface area contributed by atoms with Gasteiger partial charge in [0.25, 0.3) is 0 Å². The zero-order chi connectivity index (χ0) is 21.3. The van der Waals surface area contributed by atoms with Crippen LogP contribution >= 0.6 is 12.2 Å². The van der Waals surface area contributed by atoms with E-state index in [1.807, 2.05) is 16.3 Å². The predicted molar refractivity (Wildman–Crippen MR) is 126 cm³/mol. The Morgan fingerprint density at radius 2 is 1.60 bits per heavy atom. The van der Waals surface area contributed by atoms with Crippen molar-refractivity contribution in [1.82, 2.24) is 14.3 Å². The molecule has 0 amide bonds. The quantitative estimate of drug-likeness (QED) is 0.655. The van der Waals surface area contributed by atoms with E-state index in [4.69, 9.17) is 17.3 Å². The molecular formula is C24H32N5S+. The van der Waals surface area contributed by atoms with Gasteiger partial charge in [0, 0.05) is 18.3 Å². The minimum absolute atomic E-state index is 0.147. The molecule has 0 spiro atoms. The van der Waals surface area contributed by atoms with Crippen molar-refractivity contribution >= 4 is 17.9 Å². The van der Waals surface area contributed by atoms with Crippen molar-refractivity contribution in [3.63, 3.8) is 0 Å². The van der Waals surface area contributed by atoms with Crippen molar-refractivity contribution in [1.29, 1.82) is 0 Å². The Morgan fingerprint density at radius 3 is 2.20 bits per heavy atom. The molecule has 0 unspecified atom stereocenters. The SMILES string of the molecule is Cn1c(-c2ccc(C(C)(C)C)cc2)nn(C[NH+]2CCN(c3ccccc3)CC2)c1=S. The fourth-order valence-corrected chi connectivity index (χ4v) is 4.24.